The zero-order valence-corrected chi connectivity index (χ0v) is 15.6. The van der Waals surface area contributed by atoms with E-state index < -0.39 is 0 Å². The lowest BCUT2D eigenvalue weighted by Crippen LogP contribution is -2.40. The van der Waals surface area contributed by atoms with Gasteiger partial charge in [0.25, 0.3) is 0 Å². The van der Waals surface area contributed by atoms with E-state index in [0.717, 1.165) is 24.1 Å². The van der Waals surface area contributed by atoms with Crippen LogP contribution in [0.3, 0.4) is 0 Å². The lowest BCUT2D eigenvalue weighted by molar-refractivity contribution is -0.131. The van der Waals surface area contributed by atoms with Crippen molar-refractivity contribution in [1.29, 1.82) is 0 Å². The Balaban J connectivity index is 1.48. The van der Waals surface area contributed by atoms with Crippen LogP contribution < -0.4 is 0 Å². The maximum absolute atomic E-state index is 13.9. The molecule has 1 atom stereocenters. The number of hydrogen-bond donors (Lipinski definition) is 0. The first-order chi connectivity index (χ1) is 13.7. The van der Waals surface area contributed by atoms with Crippen LogP contribution in [0.15, 0.2) is 66.9 Å². The van der Waals surface area contributed by atoms with Gasteiger partial charge in [0, 0.05) is 36.5 Å². The first-order valence-electron chi connectivity index (χ1n) is 9.60. The number of hydrogen-bond acceptors (Lipinski definition) is 3. The highest BCUT2D eigenvalue weighted by Crippen LogP contribution is 2.27. The predicted molar refractivity (Wildman–Crippen MR) is 106 cm³/mol. The average Bonchev–Trinajstić information content (AvgIpc) is 2.76. The zero-order chi connectivity index (χ0) is 19.3. The maximum Gasteiger partial charge on any atom is 0.227 e. The molecule has 1 aliphatic rings. The molecule has 3 aromatic rings. The van der Waals surface area contributed by atoms with Crippen molar-refractivity contribution in [1.82, 2.24) is 14.9 Å². The maximum atomic E-state index is 13.9. The van der Waals surface area contributed by atoms with Crippen molar-refractivity contribution in [3.63, 3.8) is 0 Å². The number of carbonyl (C=O) groups excluding carboxylic acids is 1. The summed E-state index contributed by atoms with van der Waals surface area (Å²) in [7, 11) is 0. The number of aromatic nitrogens is 2. The van der Waals surface area contributed by atoms with E-state index in [9.17, 15) is 9.18 Å². The second-order valence-corrected chi connectivity index (χ2v) is 7.12. The quantitative estimate of drug-likeness (QED) is 0.685. The highest BCUT2D eigenvalue weighted by molar-refractivity contribution is 5.79. The third kappa shape index (κ3) is 4.09. The third-order valence-electron chi connectivity index (χ3n) is 5.20. The fraction of sp³-hybridized carbons (Fsp3) is 0.261. The van der Waals surface area contributed by atoms with Crippen LogP contribution in [0.2, 0.25) is 0 Å². The zero-order valence-electron chi connectivity index (χ0n) is 15.6. The van der Waals surface area contributed by atoms with E-state index in [2.05, 4.69) is 4.98 Å². The average molecular weight is 375 g/mol. The van der Waals surface area contributed by atoms with Crippen LogP contribution in [0.4, 0.5) is 4.39 Å². The minimum Gasteiger partial charge on any atom is -0.342 e. The summed E-state index contributed by atoms with van der Waals surface area (Å²) >= 11 is 0. The Morgan fingerprint density at radius 2 is 1.86 bits per heavy atom. The van der Waals surface area contributed by atoms with Crippen molar-refractivity contribution in [2.45, 2.75) is 25.2 Å². The van der Waals surface area contributed by atoms with Gasteiger partial charge < -0.3 is 4.90 Å². The summed E-state index contributed by atoms with van der Waals surface area (Å²) in [5, 5.41) is 0. The highest BCUT2D eigenvalue weighted by atomic mass is 19.1. The van der Waals surface area contributed by atoms with E-state index in [1.54, 1.807) is 24.4 Å². The standard InChI is InChI=1S/C23H22FN3O/c24-20-11-5-4-9-18(20)15-22(28)27-14-6-10-19(16-27)21-12-13-25-23(26-21)17-7-2-1-3-8-17/h1-5,7-9,11-13,19H,6,10,14-16H2/t19-/m1/s1. The number of nitrogens with zero attached hydrogens (tertiary/aromatic N) is 3. The fourth-order valence-corrected chi connectivity index (χ4v) is 3.69. The molecule has 0 N–H and O–H groups in total. The fourth-order valence-electron chi connectivity index (χ4n) is 3.69. The minimum absolute atomic E-state index is 0.0351. The van der Waals surface area contributed by atoms with Crippen LogP contribution in [0.1, 0.15) is 30.0 Å². The van der Waals surface area contributed by atoms with Crippen molar-refractivity contribution in [3.8, 4) is 11.4 Å². The van der Waals surface area contributed by atoms with Gasteiger partial charge in [0.1, 0.15) is 5.82 Å². The molecule has 28 heavy (non-hydrogen) atoms. The summed E-state index contributed by atoms with van der Waals surface area (Å²) in [4.78, 5) is 23.7. The van der Waals surface area contributed by atoms with E-state index in [-0.39, 0.29) is 24.1 Å². The lowest BCUT2D eigenvalue weighted by atomic mass is 9.94. The van der Waals surface area contributed by atoms with Gasteiger partial charge in [-0.05, 0) is 30.5 Å². The summed E-state index contributed by atoms with van der Waals surface area (Å²) in [5.41, 5.74) is 2.38. The topological polar surface area (TPSA) is 46.1 Å². The van der Waals surface area contributed by atoms with Crippen LogP contribution in [-0.4, -0.2) is 33.9 Å². The van der Waals surface area contributed by atoms with Gasteiger partial charge in [0.2, 0.25) is 5.91 Å². The highest BCUT2D eigenvalue weighted by Gasteiger charge is 2.26. The molecule has 1 amide bonds. The van der Waals surface area contributed by atoms with Gasteiger partial charge in [-0.3, -0.25) is 4.79 Å². The molecule has 1 saturated heterocycles. The van der Waals surface area contributed by atoms with Gasteiger partial charge in [0.05, 0.1) is 6.42 Å². The monoisotopic (exact) mass is 375 g/mol. The summed E-state index contributed by atoms with van der Waals surface area (Å²) < 4.78 is 13.9. The van der Waals surface area contributed by atoms with Crippen LogP contribution in [0.5, 0.6) is 0 Å². The van der Waals surface area contributed by atoms with E-state index in [0.29, 0.717) is 24.5 Å². The van der Waals surface area contributed by atoms with Crippen molar-refractivity contribution in [2.24, 2.45) is 0 Å². The Morgan fingerprint density at radius 1 is 1.07 bits per heavy atom. The molecule has 1 fully saturated rings. The molecule has 0 radical (unpaired) electrons. The number of amides is 1. The van der Waals surface area contributed by atoms with Crippen LogP contribution in [0, 0.1) is 5.82 Å². The van der Waals surface area contributed by atoms with Gasteiger partial charge in [-0.25, -0.2) is 14.4 Å². The molecule has 1 aliphatic heterocycles. The third-order valence-corrected chi connectivity index (χ3v) is 5.20. The van der Waals surface area contributed by atoms with Crippen molar-refractivity contribution < 1.29 is 9.18 Å². The van der Waals surface area contributed by atoms with Gasteiger partial charge in [-0.2, -0.15) is 0 Å². The van der Waals surface area contributed by atoms with Crippen LogP contribution in [0.25, 0.3) is 11.4 Å². The number of benzene rings is 2. The van der Waals surface area contributed by atoms with E-state index >= 15 is 0 Å². The molecular formula is C23H22FN3O. The second-order valence-electron chi connectivity index (χ2n) is 7.12. The Hall–Kier alpha value is -3.08. The van der Waals surface area contributed by atoms with E-state index in [1.807, 2.05) is 41.3 Å². The number of rotatable bonds is 4. The van der Waals surface area contributed by atoms with Gasteiger partial charge in [-0.1, -0.05) is 48.5 Å². The molecule has 4 rings (SSSR count). The molecule has 5 heteroatoms. The van der Waals surface area contributed by atoms with Crippen molar-refractivity contribution in [3.05, 3.63) is 83.9 Å². The van der Waals surface area contributed by atoms with E-state index in [1.165, 1.54) is 6.07 Å². The van der Waals surface area contributed by atoms with Crippen LogP contribution >= 0.6 is 0 Å². The molecule has 0 aliphatic carbocycles. The Labute approximate surface area is 164 Å². The lowest BCUT2D eigenvalue weighted by Gasteiger charge is -2.32. The molecular weight excluding hydrogens is 353 g/mol. The van der Waals surface area contributed by atoms with Crippen LogP contribution in [-0.2, 0) is 11.2 Å². The normalized spacial score (nSPS) is 16.8. The molecule has 0 bridgehead atoms. The van der Waals surface area contributed by atoms with Crippen molar-refractivity contribution in [2.75, 3.05) is 13.1 Å². The van der Waals surface area contributed by atoms with Gasteiger partial charge >= 0.3 is 0 Å². The molecule has 2 aromatic carbocycles. The summed E-state index contributed by atoms with van der Waals surface area (Å²) in [6.07, 6.45) is 3.77. The molecule has 1 aromatic heterocycles. The summed E-state index contributed by atoms with van der Waals surface area (Å²) in [6.45, 7) is 1.32. The predicted octanol–water partition coefficient (Wildman–Crippen LogP) is 4.23. The number of likely N-dealkylation sites (tertiary alicyclic amines) is 1. The van der Waals surface area contributed by atoms with Crippen molar-refractivity contribution >= 4 is 5.91 Å². The SMILES string of the molecule is O=C(Cc1ccccc1F)N1CCC[C@@H](c2ccnc(-c3ccccc3)n2)C1. The Morgan fingerprint density at radius 3 is 2.68 bits per heavy atom. The molecule has 142 valence electrons. The first kappa shape index (κ1) is 18.3. The first-order valence-corrected chi connectivity index (χ1v) is 9.60. The number of halogens is 1. The van der Waals surface area contributed by atoms with E-state index in [4.69, 9.17) is 4.98 Å². The number of piperidine rings is 1. The molecule has 0 spiro atoms. The molecule has 4 nitrogen and oxygen atoms in total. The van der Waals surface area contributed by atoms with Gasteiger partial charge in [0.15, 0.2) is 5.82 Å². The summed E-state index contributed by atoms with van der Waals surface area (Å²) in [5.74, 6) is 0.511. The molecule has 0 unspecified atom stereocenters. The Kier molecular flexibility index (Phi) is 5.42. The smallest absolute Gasteiger partial charge is 0.227 e. The second kappa shape index (κ2) is 8.30. The molecule has 2 heterocycles. The number of carbonyl (C=O) groups is 1. The summed E-state index contributed by atoms with van der Waals surface area (Å²) in [6, 6.07) is 18.3. The molecule has 0 saturated carbocycles. The largest absolute Gasteiger partial charge is 0.342 e. The minimum atomic E-state index is -0.326. The Bertz CT molecular complexity index is 961. The van der Waals surface area contributed by atoms with Gasteiger partial charge in [-0.15, -0.1) is 0 Å².